The van der Waals surface area contributed by atoms with Crippen LogP contribution in [0.5, 0.6) is 0 Å². The van der Waals surface area contributed by atoms with E-state index in [-0.39, 0.29) is 11.7 Å². The molecule has 5 rings (SSSR count). The Labute approximate surface area is 168 Å². The van der Waals surface area contributed by atoms with Gasteiger partial charge in [0.05, 0.1) is 0 Å². The number of halogens is 1. The molecule has 6 nitrogen and oxygen atoms in total. The van der Waals surface area contributed by atoms with Crippen molar-refractivity contribution in [1.29, 1.82) is 0 Å². The molecule has 1 fully saturated rings. The van der Waals surface area contributed by atoms with E-state index in [9.17, 15) is 9.18 Å². The highest BCUT2D eigenvalue weighted by Crippen LogP contribution is 2.28. The fourth-order valence-electron chi connectivity index (χ4n) is 4.39. The molecule has 2 aliphatic rings. The Kier molecular flexibility index (Phi) is 4.54. The van der Waals surface area contributed by atoms with Crippen molar-refractivity contribution in [3.8, 4) is 0 Å². The summed E-state index contributed by atoms with van der Waals surface area (Å²) in [6.45, 7) is 3.30. The number of benzene rings is 1. The summed E-state index contributed by atoms with van der Waals surface area (Å²) in [5, 5.41) is 0.845. The number of rotatable bonds is 2. The van der Waals surface area contributed by atoms with Gasteiger partial charge < -0.3 is 14.8 Å². The van der Waals surface area contributed by atoms with Gasteiger partial charge in [0, 0.05) is 66.9 Å². The highest BCUT2D eigenvalue weighted by atomic mass is 19.1. The lowest BCUT2D eigenvalue weighted by Gasteiger charge is -2.31. The Morgan fingerprint density at radius 1 is 1.21 bits per heavy atom. The van der Waals surface area contributed by atoms with E-state index in [1.165, 1.54) is 23.4 Å². The number of carbonyl (C=O) groups excluding carboxylic acids is 1. The zero-order valence-corrected chi connectivity index (χ0v) is 16.5. The molecule has 0 atom stereocenters. The van der Waals surface area contributed by atoms with E-state index in [1.54, 1.807) is 12.1 Å². The second-order valence-corrected chi connectivity index (χ2v) is 8.17. The van der Waals surface area contributed by atoms with Crippen molar-refractivity contribution < 1.29 is 9.18 Å². The van der Waals surface area contributed by atoms with Crippen LogP contribution in [0.15, 0.2) is 30.5 Å². The van der Waals surface area contributed by atoms with Gasteiger partial charge in [-0.25, -0.2) is 14.4 Å². The molecule has 150 valence electrons. The van der Waals surface area contributed by atoms with Crippen LogP contribution in [0, 0.1) is 5.82 Å². The van der Waals surface area contributed by atoms with Crippen LogP contribution in [0.1, 0.15) is 46.3 Å². The van der Waals surface area contributed by atoms with Crippen LogP contribution in [0.25, 0.3) is 10.9 Å². The lowest BCUT2D eigenvalue weighted by molar-refractivity contribution is 0.0706. The minimum Gasteiger partial charge on any atom is -0.350 e. The van der Waals surface area contributed by atoms with Gasteiger partial charge >= 0.3 is 0 Å². The zero-order valence-electron chi connectivity index (χ0n) is 16.5. The molecule has 0 saturated carbocycles. The van der Waals surface area contributed by atoms with Crippen LogP contribution in [-0.2, 0) is 13.0 Å². The van der Waals surface area contributed by atoms with E-state index in [4.69, 9.17) is 4.98 Å². The topological polar surface area (TPSA) is 65.1 Å². The van der Waals surface area contributed by atoms with Crippen molar-refractivity contribution in [3.63, 3.8) is 0 Å². The molecule has 1 amide bonds. The molecular formula is C22H24FN5O. The SMILES string of the molecule is CN1CCc2nc(C3CCN(C(=O)c4cc5ccc(F)cc5[nH]4)CC3)ncc2C1. The first-order valence-corrected chi connectivity index (χ1v) is 10.2. The normalized spacial score (nSPS) is 18.2. The Morgan fingerprint density at radius 3 is 2.86 bits per heavy atom. The third-order valence-corrected chi connectivity index (χ3v) is 6.11. The summed E-state index contributed by atoms with van der Waals surface area (Å²) in [7, 11) is 2.12. The predicted molar refractivity (Wildman–Crippen MR) is 108 cm³/mol. The van der Waals surface area contributed by atoms with Gasteiger partial charge in [-0.3, -0.25) is 4.79 Å². The molecule has 0 bridgehead atoms. The first-order chi connectivity index (χ1) is 14.1. The van der Waals surface area contributed by atoms with Crippen LogP contribution in [0.3, 0.4) is 0 Å². The van der Waals surface area contributed by atoms with Crippen LogP contribution < -0.4 is 0 Å². The van der Waals surface area contributed by atoms with Crippen molar-refractivity contribution in [1.82, 2.24) is 24.8 Å². The lowest BCUT2D eigenvalue weighted by atomic mass is 9.95. The average Bonchev–Trinajstić information content (AvgIpc) is 3.16. The first kappa shape index (κ1) is 18.2. The summed E-state index contributed by atoms with van der Waals surface area (Å²) in [4.78, 5) is 29.6. The molecule has 2 aliphatic heterocycles. The third-order valence-electron chi connectivity index (χ3n) is 6.11. The molecule has 1 N–H and O–H groups in total. The number of nitrogens with zero attached hydrogens (tertiary/aromatic N) is 4. The zero-order chi connectivity index (χ0) is 20.0. The number of likely N-dealkylation sites (N-methyl/N-ethyl adjacent to an activating group) is 1. The fraction of sp³-hybridized carbons (Fsp3) is 0.409. The number of likely N-dealkylation sites (tertiary alicyclic amines) is 1. The number of carbonyl (C=O) groups is 1. The molecular weight excluding hydrogens is 369 g/mol. The average molecular weight is 393 g/mol. The van der Waals surface area contributed by atoms with Crippen molar-refractivity contribution in [2.75, 3.05) is 26.7 Å². The molecule has 1 aromatic carbocycles. The Morgan fingerprint density at radius 2 is 2.03 bits per heavy atom. The number of nitrogens with one attached hydrogen (secondary N) is 1. The monoisotopic (exact) mass is 393 g/mol. The van der Waals surface area contributed by atoms with Gasteiger partial charge in [-0.05, 0) is 44.2 Å². The van der Waals surface area contributed by atoms with E-state index in [0.29, 0.717) is 30.2 Å². The van der Waals surface area contributed by atoms with E-state index in [2.05, 4.69) is 21.9 Å². The summed E-state index contributed by atoms with van der Waals surface area (Å²) < 4.78 is 13.4. The maximum absolute atomic E-state index is 13.4. The van der Waals surface area contributed by atoms with Gasteiger partial charge in [-0.1, -0.05) is 0 Å². The largest absolute Gasteiger partial charge is 0.350 e. The number of H-pyrrole nitrogens is 1. The van der Waals surface area contributed by atoms with Gasteiger partial charge in [-0.2, -0.15) is 0 Å². The maximum atomic E-state index is 13.4. The quantitative estimate of drug-likeness (QED) is 0.727. The van der Waals surface area contributed by atoms with E-state index in [0.717, 1.165) is 43.6 Å². The second-order valence-electron chi connectivity index (χ2n) is 8.17. The molecule has 0 spiro atoms. The minimum absolute atomic E-state index is 0.0329. The maximum Gasteiger partial charge on any atom is 0.270 e. The number of hydrogen-bond donors (Lipinski definition) is 1. The number of hydrogen-bond acceptors (Lipinski definition) is 4. The molecule has 4 heterocycles. The Bertz CT molecular complexity index is 1070. The summed E-state index contributed by atoms with van der Waals surface area (Å²) in [5.74, 6) is 0.868. The highest BCUT2D eigenvalue weighted by molar-refractivity contribution is 5.98. The first-order valence-electron chi connectivity index (χ1n) is 10.2. The predicted octanol–water partition coefficient (Wildman–Crippen LogP) is 3.10. The third kappa shape index (κ3) is 3.51. The molecule has 29 heavy (non-hydrogen) atoms. The number of amides is 1. The number of fused-ring (bicyclic) bond motifs is 2. The van der Waals surface area contributed by atoms with E-state index < -0.39 is 0 Å². The van der Waals surface area contributed by atoms with Gasteiger partial charge in [0.25, 0.3) is 5.91 Å². The van der Waals surface area contributed by atoms with Crippen molar-refractivity contribution >= 4 is 16.8 Å². The lowest BCUT2D eigenvalue weighted by Crippen LogP contribution is -2.38. The smallest absolute Gasteiger partial charge is 0.270 e. The Balaban J connectivity index is 1.27. The van der Waals surface area contributed by atoms with Crippen LogP contribution in [0.2, 0.25) is 0 Å². The van der Waals surface area contributed by atoms with E-state index in [1.807, 2.05) is 11.1 Å². The summed E-state index contributed by atoms with van der Waals surface area (Å²) in [5.41, 5.74) is 3.57. The summed E-state index contributed by atoms with van der Waals surface area (Å²) >= 11 is 0. The van der Waals surface area contributed by atoms with Crippen LogP contribution >= 0.6 is 0 Å². The van der Waals surface area contributed by atoms with Crippen LogP contribution in [-0.4, -0.2) is 57.3 Å². The van der Waals surface area contributed by atoms with Crippen LogP contribution in [0.4, 0.5) is 4.39 Å². The molecule has 0 unspecified atom stereocenters. The van der Waals surface area contributed by atoms with Gasteiger partial charge in [0.15, 0.2) is 0 Å². The molecule has 3 aromatic rings. The molecule has 0 radical (unpaired) electrons. The Hall–Kier alpha value is -2.80. The molecule has 7 heteroatoms. The molecule has 2 aromatic heterocycles. The fourth-order valence-corrected chi connectivity index (χ4v) is 4.39. The van der Waals surface area contributed by atoms with Crippen molar-refractivity contribution in [3.05, 3.63) is 59.1 Å². The minimum atomic E-state index is -0.309. The van der Waals surface area contributed by atoms with Gasteiger partial charge in [-0.15, -0.1) is 0 Å². The number of piperidine rings is 1. The second kappa shape index (κ2) is 7.22. The standard InChI is InChI=1S/C22H24FN5O/c1-27-7-6-18-16(13-27)12-24-21(26-18)14-4-8-28(9-5-14)22(29)20-10-15-2-3-17(23)11-19(15)25-20/h2-3,10-12,14,25H,4-9,13H2,1H3. The summed E-state index contributed by atoms with van der Waals surface area (Å²) in [6.07, 6.45) is 4.67. The number of aromatic nitrogens is 3. The van der Waals surface area contributed by atoms with E-state index >= 15 is 0 Å². The highest BCUT2D eigenvalue weighted by Gasteiger charge is 2.28. The van der Waals surface area contributed by atoms with Crippen molar-refractivity contribution in [2.24, 2.45) is 0 Å². The van der Waals surface area contributed by atoms with Gasteiger partial charge in [0.2, 0.25) is 0 Å². The molecule has 1 saturated heterocycles. The van der Waals surface area contributed by atoms with Crippen molar-refractivity contribution in [2.45, 2.75) is 31.7 Å². The molecule has 0 aliphatic carbocycles. The number of aromatic amines is 1. The summed E-state index contributed by atoms with van der Waals surface area (Å²) in [6, 6.07) is 6.32. The van der Waals surface area contributed by atoms with Gasteiger partial charge in [0.1, 0.15) is 17.3 Å².